The predicted molar refractivity (Wildman–Crippen MR) is 35.6 cm³/mol. The van der Waals surface area contributed by atoms with E-state index in [1.165, 1.54) is 0 Å². The Hall–Kier alpha value is -0.920. The lowest BCUT2D eigenvalue weighted by Crippen LogP contribution is -2.10. The highest BCUT2D eigenvalue weighted by Gasteiger charge is 2.68. The van der Waals surface area contributed by atoms with Crippen molar-refractivity contribution in [1.29, 1.82) is 0 Å². The Morgan fingerprint density at radius 3 is 1.92 bits per heavy atom. The predicted octanol–water partition coefficient (Wildman–Crippen LogP) is 3.88. The van der Waals surface area contributed by atoms with Crippen LogP contribution in [0, 0.1) is 5.82 Å². The molecule has 76 valence electrons. The molecule has 1 aromatic heterocycles. The van der Waals surface area contributed by atoms with E-state index >= 15 is 0 Å². The summed E-state index contributed by atoms with van der Waals surface area (Å²) < 4.78 is 71.9. The molecule has 0 saturated heterocycles. The van der Waals surface area contributed by atoms with E-state index in [0.717, 1.165) is 6.07 Å². The summed E-state index contributed by atoms with van der Waals surface area (Å²) in [6.07, 6.45) is 0.455. The summed E-state index contributed by atoms with van der Waals surface area (Å²) in [5, 5.41) is -2.72. The molecule has 0 bridgehead atoms. The quantitative estimate of drug-likeness (QED) is 0.658. The number of rotatable bonds is 1. The van der Waals surface area contributed by atoms with Crippen molar-refractivity contribution in [2.45, 2.75) is 5.03 Å². The molecular formula is C5H3F6NS. The molecule has 0 unspecified atom stereocenters. The summed E-state index contributed by atoms with van der Waals surface area (Å²) >= 11 is 0. The van der Waals surface area contributed by atoms with Gasteiger partial charge in [0.15, 0.2) is 5.82 Å². The monoisotopic (exact) mass is 223 g/mol. The van der Waals surface area contributed by atoms with Crippen molar-refractivity contribution in [2.75, 3.05) is 0 Å². The van der Waals surface area contributed by atoms with Gasteiger partial charge in [0.1, 0.15) is 0 Å². The molecular weight excluding hydrogens is 220 g/mol. The maximum absolute atomic E-state index is 12.3. The number of hydrogen-bond donors (Lipinski definition) is 0. The third-order valence-electron chi connectivity index (χ3n) is 1.09. The number of aromatic nitrogens is 1. The van der Waals surface area contributed by atoms with Crippen LogP contribution in [0.3, 0.4) is 0 Å². The fraction of sp³-hybridized carbons (Fsp3) is 0. The maximum Gasteiger partial charge on any atom is 0.328 e. The Morgan fingerprint density at radius 2 is 1.62 bits per heavy atom. The number of hydrogen-bond acceptors (Lipinski definition) is 1. The first kappa shape index (κ1) is 10.2. The Morgan fingerprint density at radius 1 is 1.08 bits per heavy atom. The maximum atomic E-state index is 12.3. The molecule has 1 aromatic rings. The number of halogens is 6. The van der Waals surface area contributed by atoms with Gasteiger partial charge >= 0.3 is 10.2 Å². The molecule has 1 rings (SSSR count). The van der Waals surface area contributed by atoms with E-state index in [1.54, 1.807) is 0 Å². The molecule has 0 N–H and O–H groups in total. The van der Waals surface area contributed by atoms with Gasteiger partial charge in [0.2, 0.25) is 5.03 Å². The minimum atomic E-state index is -9.96. The van der Waals surface area contributed by atoms with Gasteiger partial charge < -0.3 is 0 Å². The minimum absolute atomic E-state index is 0.278. The second-order valence-corrected chi connectivity index (χ2v) is 4.58. The smallest absolute Gasteiger partial charge is 0.239 e. The Balaban J connectivity index is 3.50. The third kappa shape index (κ3) is 2.27. The molecule has 8 heteroatoms. The zero-order valence-electron chi connectivity index (χ0n) is 5.86. The number of pyridine rings is 1. The summed E-state index contributed by atoms with van der Waals surface area (Å²) in [5.41, 5.74) is 0. The van der Waals surface area contributed by atoms with Gasteiger partial charge in [-0.3, -0.25) is 0 Å². The Bertz CT molecular complexity index is 342. The summed E-state index contributed by atoms with van der Waals surface area (Å²) in [4.78, 5) is 2.30. The molecule has 0 spiro atoms. The van der Waals surface area contributed by atoms with Crippen molar-refractivity contribution in [2.24, 2.45) is 0 Å². The Kier molecular flexibility index (Phi) is 1.52. The first-order valence-electron chi connectivity index (χ1n) is 2.85. The molecule has 0 radical (unpaired) electrons. The molecule has 0 aliphatic heterocycles. The normalized spacial score (nSPS) is 17.7. The van der Waals surface area contributed by atoms with Crippen molar-refractivity contribution in [3.05, 3.63) is 24.1 Å². The summed E-state index contributed by atoms with van der Waals surface area (Å²) in [6.45, 7) is 0. The van der Waals surface area contributed by atoms with E-state index in [9.17, 15) is 23.8 Å². The molecule has 0 fully saturated rings. The molecule has 0 amide bonds. The van der Waals surface area contributed by atoms with Gasteiger partial charge in [-0.05, 0) is 12.1 Å². The fourth-order valence-electron chi connectivity index (χ4n) is 0.655. The second kappa shape index (κ2) is 1.94. The van der Waals surface area contributed by atoms with E-state index in [-0.39, 0.29) is 6.07 Å². The van der Waals surface area contributed by atoms with Gasteiger partial charge in [0.05, 0.1) is 0 Å². The summed E-state index contributed by atoms with van der Waals surface area (Å²) in [6, 6.07) is 1.07. The average Bonchev–Trinajstić information content (AvgIpc) is 1.82. The zero-order valence-corrected chi connectivity index (χ0v) is 6.67. The lowest BCUT2D eigenvalue weighted by Gasteiger charge is -2.39. The lowest BCUT2D eigenvalue weighted by molar-refractivity contribution is 0.348. The molecule has 0 aliphatic carbocycles. The average molecular weight is 223 g/mol. The van der Waals surface area contributed by atoms with Crippen LogP contribution in [0.25, 0.3) is 0 Å². The standard InChI is InChI=1S/C5H3F6NS/c6-4-2-1-3-12-5(4)13(7,8,9,10)11/h1-3H. The molecule has 0 aliphatic rings. The van der Waals surface area contributed by atoms with Crippen LogP contribution in [0.1, 0.15) is 0 Å². The third-order valence-corrected chi connectivity index (χ3v) is 2.12. The second-order valence-electron chi connectivity index (χ2n) is 2.26. The zero-order chi connectivity index (χ0) is 10.4. The lowest BCUT2D eigenvalue weighted by atomic mass is 10.5. The minimum Gasteiger partial charge on any atom is -0.239 e. The van der Waals surface area contributed by atoms with Gasteiger partial charge in [-0.1, -0.05) is 19.4 Å². The molecule has 13 heavy (non-hydrogen) atoms. The first-order chi connectivity index (χ1) is 5.50. The van der Waals surface area contributed by atoms with E-state index in [0.29, 0.717) is 6.20 Å². The summed E-state index contributed by atoms with van der Waals surface area (Å²) in [5.74, 6) is -2.07. The molecule has 0 atom stereocenters. The van der Waals surface area contributed by atoms with Gasteiger partial charge in [0.25, 0.3) is 0 Å². The molecule has 0 aromatic carbocycles. The van der Waals surface area contributed by atoms with Crippen molar-refractivity contribution in [3.8, 4) is 0 Å². The highest BCUT2D eigenvalue weighted by Crippen LogP contribution is 3.01. The topological polar surface area (TPSA) is 12.9 Å². The van der Waals surface area contributed by atoms with Gasteiger partial charge in [-0.15, -0.1) is 0 Å². The van der Waals surface area contributed by atoms with Gasteiger partial charge in [-0.25, -0.2) is 9.37 Å². The van der Waals surface area contributed by atoms with E-state index in [4.69, 9.17) is 0 Å². The van der Waals surface area contributed by atoms with Crippen molar-refractivity contribution < 1.29 is 23.8 Å². The molecule has 1 nitrogen and oxygen atoms in total. The summed E-state index contributed by atoms with van der Waals surface area (Å²) in [7, 11) is -9.96. The first-order valence-corrected chi connectivity index (χ1v) is 4.80. The van der Waals surface area contributed by atoms with Crippen LogP contribution in [-0.4, -0.2) is 4.98 Å². The van der Waals surface area contributed by atoms with Crippen LogP contribution in [-0.2, 0) is 0 Å². The Labute approximate surface area is 69.1 Å². The molecule has 1 heterocycles. The SMILES string of the molecule is Fc1cccnc1S(F)(F)(F)(F)F. The highest BCUT2D eigenvalue weighted by atomic mass is 32.5. The van der Waals surface area contributed by atoms with Crippen molar-refractivity contribution in [1.82, 2.24) is 4.98 Å². The van der Waals surface area contributed by atoms with Crippen LogP contribution in [0.5, 0.6) is 0 Å². The van der Waals surface area contributed by atoms with Crippen LogP contribution >= 0.6 is 10.2 Å². The molecule has 0 saturated carbocycles. The van der Waals surface area contributed by atoms with Crippen LogP contribution in [0.2, 0.25) is 0 Å². The van der Waals surface area contributed by atoms with E-state index in [1.807, 2.05) is 0 Å². The van der Waals surface area contributed by atoms with E-state index in [2.05, 4.69) is 4.98 Å². The van der Waals surface area contributed by atoms with Crippen LogP contribution < -0.4 is 0 Å². The number of nitrogens with zero attached hydrogens (tertiary/aromatic N) is 1. The van der Waals surface area contributed by atoms with Crippen LogP contribution in [0.4, 0.5) is 23.8 Å². The van der Waals surface area contributed by atoms with Gasteiger partial charge in [0, 0.05) is 6.20 Å². The highest BCUT2D eigenvalue weighted by molar-refractivity contribution is 8.45. The van der Waals surface area contributed by atoms with Crippen molar-refractivity contribution >= 4 is 10.2 Å². The van der Waals surface area contributed by atoms with Gasteiger partial charge in [-0.2, -0.15) is 0 Å². The fourth-order valence-corrected chi connectivity index (χ4v) is 1.35. The largest absolute Gasteiger partial charge is 0.328 e. The van der Waals surface area contributed by atoms with E-state index < -0.39 is 21.1 Å². The van der Waals surface area contributed by atoms with Crippen molar-refractivity contribution in [3.63, 3.8) is 0 Å². The van der Waals surface area contributed by atoms with Crippen LogP contribution in [0.15, 0.2) is 23.4 Å².